The van der Waals surface area contributed by atoms with Crippen LogP contribution in [0.1, 0.15) is 64.2 Å². The largest absolute Gasteiger partial charge is 0.381 e. The van der Waals surface area contributed by atoms with Crippen molar-refractivity contribution in [2.75, 3.05) is 5.32 Å². The van der Waals surface area contributed by atoms with E-state index in [2.05, 4.69) is 20.3 Å². The Balaban J connectivity index is 1.78. The fraction of sp³-hybridized carbons (Fsp3) is 0.632. The molecule has 2 saturated carbocycles. The van der Waals surface area contributed by atoms with Gasteiger partial charge in [0.05, 0.1) is 10.6 Å². The molecule has 1 aromatic rings. The van der Waals surface area contributed by atoms with Gasteiger partial charge in [0.1, 0.15) is 4.90 Å². The molecular weight excluding hydrogens is 394 g/mol. The van der Waals surface area contributed by atoms with Crippen LogP contribution in [0.5, 0.6) is 0 Å². The molecule has 0 amide bonds. The Hall–Kier alpha value is -2.36. The molecule has 2 aliphatic rings. The van der Waals surface area contributed by atoms with E-state index in [4.69, 9.17) is 0 Å². The van der Waals surface area contributed by atoms with Crippen LogP contribution in [0.15, 0.2) is 35.4 Å². The topological polar surface area (TPSA) is 126 Å². The molecule has 0 aliphatic heterocycles. The first kappa shape index (κ1) is 21.4. The monoisotopic (exact) mass is 423 g/mol. The molecular formula is C19H29N5O4S. The predicted octanol–water partition coefficient (Wildman–Crippen LogP) is 3.10. The number of aromatic nitrogens is 1. The summed E-state index contributed by atoms with van der Waals surface area (Å²) in [5.41, 5.74) is 0.470. The zero-order valence-electron chi connectivity index (χ0n) is 16.5. The fourth-order valence-corrected chi connectivity index (χ4v) is 5.17. The third-order valence-corrected chi connectivity index (χ3v) is 6.88. The number of nitrogens with zero attached hydrogens (tertiary/aromatic N) is 2. The van der Waals surface area contributed by atoms with Crippen molar-refractivity contribution in [3.63, 3.8) is 0 Å². The smallest absolute Gasteiger partial charge is 0.275 e. The van der Waals surface area contributed by atoms with Crippen LogP contribution in [0.2, 0.25) is 0 Å². The van der Waals surface area contributed by atoms with Crippen LogP contribution >= 0.6 is 0 Å². The van der Waals surface area contributed by atoms with E-state index >= 15 is 0 Å². The van der Waals surface area contributed by atoms with E-state index in [0.717, 1.165) is 57.8 Å². The first-order valence-corrected chi connectivity index (χ1v) is 11.8. The van der Waals surface area contributed by atoms with Gasteiger partial charge in [-0.3, -0.25) is 19.8 Å². The fourth-order valence-electron chi connectivity index (χ4n) is 4.05. The molecule has 0 atom stereocenters. The zero-order chi connectivity index (χ0) is 20.7. The molecule has 2 fully saturated rings. The average molecular weight is 424 g/mol. The van der Waals surface area contributed by atoms with Crippen molar-refractivity contribution in [3.05, 3.63) is 40.6 Å². The van der Waals surface area contributed by atoms with Gasteiger partial charge in [0, 0.05) is 24.5 Å². The summed E-state index contributed by atoms with van der Waals surface area (Å²) in [6.07, 6.45) is 13.8. The molecule has 9 nitrogen and oxygen atoms in total. The van der Waals surface area contributed by atoms with Gasteiger partial charge in [-0.15, -0.1) is 0 Å². The van der Waals surface area contributed by atoms with Crippen molar-refractivity contribution in [2.45, 2.75) is 81.2 Å². The first-order chi connectivity index (χ1) is 13.9. The molecule has 1 heterocycles. The molecule has 1 aromatic heterocycles. The van der Waals surface area contributed by atoms with E-state index in [1.807, 2.05) is 0 Å². The van der Waals surface area contributed by atoms with Gasteiger partial charge >= 0.3 is 0 Å². The van der Waals surface area contributed by atoms with Gasteiger partial charge in [0.15, 0.2) is 5.82 Å². The maximum Gasteiger partial charge on any atom is 0.275 e. The lowest BCUT2D eigenvalue weighted by Crippen LogP contribution is -2.39. The highest BCUT2D eigenvalue weighted by atomic mass is 32.2. The summed E-state index contributed by atoms with van der Waals surface area (Å²) in [6, 6.07) is 1.87. The van der Waals surface area contributed by atoms with E-state index in [-0.39, 0.29) is 22.8 Å². The molecule has 0 bridgehead atoms. The number of hydrogen-bond donors (Lipinski definition) is 3. The van der Waals surface area contributed by atoms with Gasteiger partial charge in [0.2, 0.25) is 0 Å². The molecule has 0 unspecified atom stereocenters. The Morgan fingerprint density at radius 3 is 2.31 bits per heavy atom. The average Bonchev–Trinajstić information content (AvgIpc) is 2.69. The highest BCUT2D eigenvalue weighted by Gasteiger charge is 2.25. The summed E-state index contributed by atoms with van der Waals surface area (Å²) in [4.78, 5) is 14.3. The van der Waals surface area contributed by atoms with E-state index in [1.165, 1.54) is 18.8 Å². The summed E-state index contributed by atoms with van der Waals surface area (Å²) in [6.45, 7) is 0. The quantitative estimate of drug-likeness (QED) is 0.433. The molecule has 2 aliphatic carbocycles. The minimum absolute atomic E-state index is 0.00901. The number of pyridine rings is 1. The van der Waals surface area contributed by atoms with Crippen molar-refractivity contribution in [2.24, 2.45) is 0 Å². The summed E-state index contributed by atoms with van der Waals surface area (Å²) in [5, 5.41) is 17.4. The molecule has 3 N–H and O–H groups in total. The molecule has 10 heteroatoms. The van der Waals surface area contributed by atoms with Gasteiger partial charge in [0.25, 0.3) is 16.2 Å². The Bertz CT molecular complexity index is 831. The Kier molecular flexibility index (Phi) is 7.29. The zero-order valence-corrected chi connectivity index (χ0v) is 17.3. The Morgan fingerprint density at radius 1 is 1.07 bits per heavy atom. The number of sulfonamides is 1. The molecule has 160 valence electrons. The third-order valence-electron chi connectivity index (χ3n) is 5.48. The van der Waals surface area contributed by atoms with Gasteiger partial charge in [-0.25, -0.2) is 8.42 Å². The van der Waals surface area contributed by atoms with Gasteiger partial charge < -0.3 is 10.6 Å². The van der Waals surface area contributed by atoms with Gasteiger partial charge in [-0.05, 0) is 31.7 Å². The molecule has 3 rings (SSSR count). The van der Waals surface area contributed by atoms with Crippen molar-refractivity contribution in [3.8, 4) is 0 Å². The highest BCUT2D eigenvalue weighted by molar-refractivity contribution is 7.89. The molecule has 0 saturated heterocycles. The second-order valence-electron chi connectivity index (χ2n) is 7.76. The second kappa shape index (κ2) is 9.91. The first-order valence-electron chi connectivity index (χ1n) is 10.3. The third kappa shape index (κ3) is 6.31. The molecule has 0 spiro atoms. The van der Waals surface area contributed by atoms with Crippen LogP contribution in [0.4, 0.5) is 5.69 Å². The Labute approximate surface area is 171 Å². The van der Waals surface area contributed by atoms with E-state index in [0.29, 0.717) is 11.9 Å². The standard InChI is InChI=1S/C19H29N5O4S/c25-24(26)14-19(22-16-9-5-2-6-10-16)23-29(27,28)18-13-20-12-11-17(18)21-15-7-3-1-4-8-15/h11-16,22-23H,1-10H2,(H,20,21)/b19-14+. The molecule has 0 aromatic carbocycles. The molecule has 29 heavy (non-hydrogen) atoms. The SMILES string of the molecule is O=[N+]([O-])/C=C(\NC1CCCCC1)NS(=O)(=O)c1cnccc1NC1CCCCC1. The van der Waals surface area contributed by atoms with Crippen LogP contribution in [0.3, 0.4) is 0 Å². The summed E-state index contributed by atoms with van der Waals surface area (Å²) < 4.78 is 28.4. The van der Waals surface area contributed by atoms with Crippen molar-refractivity contribution in [1.29, 1.82) is 0 Å². The van der Waals surface area contributed by atoms with Crippen LogP contribution in [-0.4, -0.2) is 30.4 Å². The summed E-state index contributed by atoms with van der Waals surface area (Å²) in [5.74, 6) is -0.116. The normalized spacial score (nSPS) is 19.5. The number of anilines is 1. The van der Waals surface area contributed by atoms with Crippen molar-refractivity contribution >= 4 is 15.7 Å². The van der Waals surface area contributed by atoms with Crippen LogP contribution < -0.4 is 15.4 Å². The second-order valence-corrected chi connectivity index (χ2v) is 9.41. The van der Waals surface area contributed by atoms with Gasteiger partial charge in [-0.2, -0.15) is 0 Å². The minimum atomic E-state index is -4.05. The lowest BCUT2D eigenvalue weighted by Gasteiger charge is -2.26. The van der Waals surface area contributed by atoms with Crippen LogP contribution in [-0.2, 0) is 10.0 Å². The predicted molar refractivity (Wildman–Crippen MR) is 110 cm³/mol. The van der Waals surface area contributed by atoms with Crippen molar-refractivity contribution in [1.82, 2.24) is 15.0 Å². The maximum absolute atomic E-state index is 13.0. The van der Waals surface area contributed by atoms with Crippen molar-refractivity contribution < 1.29 is 13.3 Å². The number of nitrogens with one attached hydrogen (secondary N) is 3. The summed E-state index contributed by atoms with van der Waals surface area (Å²) >= 11 is 0. The number of rotatable bonds is 8. The van der Waals surface area contributed by atoms with Gasteiger partial charge in [-0.1, -0.05) is 38.5 Å². The highest BCUT2D eigenvalue weighted by Crippen LogP contribution is 2.26. The Morgan fingerprint density at radius 2 is 1.69 bits per heavy atom. The number of hydrogen-bond acceptors (Lipinski definition) is 7. The van der Waals surface area contributed by atoms with E-state index < -0.39 is 14.9 Å². The minimum Gasteiger partial charge on any atom is -0.381 e. The van der Waals surface area contributed by atoms with Crippen LogP contribution in [0, 0.1) is 10.1 Å². The van der Waals surface area contributed by atoms with E-state index in [1.54, 1.807) is 6.07 Å². The lowest BCUT2D eigenvalue weighted by atomic mass is 9.95. The molecule has 0 radical (unpaired) electrons. The van der Waals surface area contributed by atoms with Crippen LogP contribution in [0.25, 0.3) is 0 Å². The summed E-state index contributed by atoms with van der Waals surface area (Å²) in [7, 11) is -4.05. The maximum atomic E-state index is 13.0. The number of nitro groups is 1. The van der Waals surface area contributed by atoms with E-state index in [9.17, 15) is 18.5 Å². The lowest BCUT2D eigenvalue weighted by molar-refractivity contribution is -0.404.